The first-order chi connectivity index (χ1) is 13.0. The molecule has 2 N–H and O–H groups in total. The highest BCUT2D eigenvalue weighted by molar-refractivity contribution is 6.32. The van der Waals surface area contributed by atoms with E-state index in [4.69, 9.17) is 11.6 Å². The Morgan fingerprint density at radius 1 is 1.33 bits per heavy atom. The number of imide groups is 1. The summed E-state index contributed by atoms with van der Waals surface area (Å²) in [5, 5.41) is 16.7. The van der Waals surface area contributed by atoms with Gasteiger partial charge in [0.2, 0.25) is 5.91 Å². The lowest BCUT2D eigenvalue weighted by Crippen LogP contribution is -2.40. The van der Waals surface area contributed by atoms with Crippen molar-refractivity contribution in [1.82, 2.24) is 30.8 Å². The van der Waals surface area contributed by atoms with Crippen LogP contribution in [-0.4, -0.2) is 39.2 Å². The molecular formula is C18H23ClN6O2. The minimum Gasteiger partial charge on any atom is -0.341 e. The van der Waals surface area contributed by atoms with Gasteiger partial charge in [-0.1, -0.05) is 43.4 Å². The number of carbonyl (C=O) groups is 2. The van der Waals surface area contributed by atoms with Crippen LogP contribution < -0.4 is 10.6 Å². The predicted molar refractivity (Wildman–Crippen MR) is 101 cm³/mol. The van der Waals surface area contributed by atoms with Gasteiger partial charge in [0.05, 0.1) is 16.6 Å². The van der Waals surface area contributed by atoms with E-state index in [1.807, 2.05) is 6.07 Å². The van der Waals surface area contributed by atoms with Crippen LogP contribution in [0.15, 0.2) is 18.2 Å². The summed E-state index contributed by atoms with van der Waals surface area (Å²) >= 11 is 6.46. The van der Waals surface area contributed by atoms with Gasteiger partial charge in [0.15, 0.2) is 5.82 Å². The SMILES string of the molecule is CNC(=O)NC(=O)C(CC1CCCC1)c1ccc(-n2nnnc2C)c(Cl)c1. The van der Waals surface area contributed by atoms with Gasteiger partial charge in [-0.3, -0.25) is 10.1 Å². The van der Waals surface area contributed by atoms with Crippen molar-refractivity contribution < 1.29 is 9.59 Å². The molecule has 0 aliphatic heterocycles. The summed E-state index contributed by atoms with van der Waals surface area (Å²) in [7, 11) is 1.48. The number of halogens is 1. The standard InChI is InChI=1S/C18H23ClN6O2/c1-11-22-23-24-25(11)16-8-7-13(10-15(16)19)14(9-12-5-3-4-6-12)17(26)21-18(27)20-2/h7-8,10,12,14H,3-6,9H2,1-2H3,(H2,20,21,26,27). The van der Waals surface area contributed by atoms with Gasteiger partial charge in [-0.25, -0.2) is 4.79 Å². The Hall–Kier alpha value is -2.48. The lowest BCUT2D eigenvalue weighted by atomic mass is 9.87. The third-order valence-corrected chi connectivity index (χ3v) is 5.35. The van der Waals surface area contributed by atoms with Crippen molar-refractivity contribution in [2.45, 2.75) is 44.9 Å². The molecule has 0 saturated heterocycles. The Morgan fingerprint density at radius 2 is 2.07 bits per heavy atom. The first-order valence-electron chi connectivity index (χ1n) is 9.07. The normalized spacial score (nSPS) is 15.5. The molecule has 1 atom stereocenters. The van der Waals surface area contributed by atoms with Crippen LogP contribution in [0.1, 0.15) is 49.4 Å². The van der Waals surface area contributed by atoms with Crippen LogP contribution >= 0.6 is 11.6 Å². The molecule has 0 spiro atoms. The van der Waals surface area contributed by atoms with Crippen molar-refractivity contribution in [2.75, 3.05) is 7.05 Å². The second-order valence-corrected chi connectivity index (χ2v) is 7.26. The van der Waals surface area contributed by atoms with E-state index in [1.165, 1.54) is 19.9 Å². The molecule has 0 bridgehead atoms. The number of hydrogen-bond donors (Lipinski definition) is 2. The highest BCUT2D eigenvalue weighted by Gasteiger charge is 2.28. The van der Waals surface area contributed by atoms with Gasteiger partial charge in [-0.2, -0.15) is 4.68 Å². The first-order valence-corrected chi connectivity index (χ1v) is 9.44. The molecule has 1 aliphatic rings. The second kappa shape index (κ2) is 8.47. The molecule has 1 heterocycles. The number of amides is 3. The predicted octanol–water partition coefficient (Wildman–Crippen LogP) is 2.74. The summed E-state index contributed by atoms with van der Waals surface area (Å²) in [5.41, 5.74) is 1.43. The van der Waals surface area contributed by atoms with Crippen molar-refractivity contribution >= 4 is 23.5 Å². The molecule has 27 heavy (non-hydrogen) atoms. The highest BCUT2D eigenvalue weighted by atomic mass is 35.5. The summed E-state index contributed by atoms with van der Waals surface area (Å²) in [6.45, 7) is 1.78. The van der Waals surface area contributed by atoms with Gasteiger partial charge in [0, 0.05) is 7.05 Å². The van der Waals surface area contributed by atoms with Crippen LogP contribution in [0.25, 0.3) is 5.69 Å². The number of hydrogen-bond acceptors (Lipinski definition) is 5. The number of aryl methyl sites for hydroxylation is 1. The van der Waals surface area contributed by atoms with E-state index in [2.05, 4.69) is 26.2 Å². The van der Waals surface area contributed by atoms with Crippen LogP contribution in [0.5, 0.6) is 0 Å². The minimum atomic E-state index is -0.511. The van der Waals surface area contributed by atoms with Crippen LogP contribution in [0.4, 0.5) is 4.79 Å². The first kappa shape index (κ1) is 19.3. The van der Waals surface area contributed by atoms with Gasteiger partial charge in [0.1, 0.15) is 0 Å². The fourth-order valence-electron chi connectivity index (χ4n) is 3.60. The number of urea groups is 1. The van der Waals surface area contributed by atoms with Crippen LogP contribution in [0, 0.1) is 12.8 Å². The van der Waals surface area contributed by atoms with E-state index < -0.39 is 11.9 Å². The second-order valence-electron chi connectivity index (χ2n) is 6.86. The molecule has 8 nitrogen and oxygen atoms in total. The molecule has 1 saturated carbocycles. The van der Waals surface area contributed by atoms with Crippen molar-refractivity contribution in [3.8, 4) is 5.69 Å². The maximum Gasteiger partial charge on any atom is 0.321 e. The van der Waals surface area contributed by atoms with Gasteiger partial charge in [0.25, 0.3) is 0 Å². The van der Waals surface area contributed by atoms with E-state index >= 15 is 0 Å². The molecule has 1 fully saturated rings. The Bertz CT molecular complexity index is 831. The molecule has 9 heteroatoms. The van der Waals surface area contributed by atoms with E-state index in [-0.39, 0.29) is 5.91 Å². The van der Waals surface area contributed by atoms with Crippen LogP contribution in [-0.2, 0) is 4.79 Å². The van der Waals surface area contributed by atoms with Crippen molar-refractivity contribution in [2.24, 2.45) is 5.92 Å². The summed E-state index contributed by atoms with van der Waals surface area (Å²) in [6.07, 6.45) is 5.29. The Balaban J connectivity index is 1.88. The van der Waals surface area contributed by atoms with Gasteiger partial charge >= 0.3 is 6.03 Å². The average molecular weight is 391 g/mol. The molecule has 144 valence electrons. The number of nitrogens with zero attached hydrogens (tertiary/aromatic N) is 4. The third-order valence-electron chi connectivity index (χ3n) is 5.05. The number of carbonyl (C=O) groups excluding carboxylic acids is 2. The number of nitrogens with one attached hydrogen (secondary N) is 2. The minimum absolute atomic E-state index is 0.316. The Labute approximate surface area is 162 Å². The summed E-state index contributed by atoms with van der Waals surface area (Å²) < 4.78 is 1.54. The molecule has 1 aliphatic carbocycles. The molecule has 3 amide bonds. The maximum absolute atomic E-state index is 12.7. The molecule has 1 aromatic heterocycles. The number of aromatic nitrogens is 4. The lowest BCUT2D eigenvalue weighted by molar-refractivity contribution is -0.121. The lowest BCUT2D eigenvalue weighted by Gasteiger charge is -2.21. The fourth-order valence-corrected chi connectivity index (χ4v) is 3.87. The Kier molecular flexibility index (Phi) is 6.05. The van der Waals surface area contributed by atoms with Crippen LogP contribution in [0.2, 0.25) is 5.02 Å². The average Bonchev–Trinajstić information content (AvgIpc) is 3.31. The zero-order valence-corrected chi connectivity index (χ0v) is 16.2. The van der Waals surface area contributed by atoms with E-state index in [9.17, 15) is 9.59 Å². The summed E-state index contributed by atoms with van der Waals surface area (Å²) in [6, 6.07) is 4.91. The van der Waals surface area contributed by atoms with Crippen molar-refractivity contribution in [3.05, 3.63) is 34.6 Å². The third kappa shape index (κ3) is 4.44. The Morgan fingerprint density at radius 3 is 2.67 bits per heavy atom. The largest absolute Gasteiger partial charge is 0.341 e. The molecule has 1 aromatic carbocycles. The number of tetrazole rings is 1. The molecule has 3 rings (SSSR count). The highest BCUT2D eigenvalue weighted by Crippen LogP contribution is 2.35. The molecule has 0 radical (unpaired) electrons. The zero-order chi connectivity index (χ0) is 19.4. The van der Waals surface area contributed by atoms with E-state index in [1.54, 1.807) is 23.7 Å². The maximum atomic E-state index is 12.7. The summed E-state index contributed by atoms with van der Waals surface area (Å²) in [5.74, 6) is 0.339. The smallest absolute Gasteiger partial charge is 0.321 e. The van der Waals surface area contributed by atoms with Crippen molar-refractivity contribution in [1.29, 1.82) is 0 Å². The topological polar surface area (TPSA) is 102 Å². The zero-order valence-electron chi connectivity index (χ0n) is 15.4. The number of rotatable bonds is 5. The van der Waals surface area contributed by atoms with Crippen LogP contribution in [0.3, 0.4) is 0 Å². The monoisotopic (exact) mass is 390 g/mol. The van der Waals surface area contributed by atoms with Crippen molar-refractivity contribution in [3.63, 3.8) is 0 Å². The fraction of sp³-hybridized carbons (Fsp3) is 0.500. The molecule has 2 aromatic rings. The van der Waals surface area contributed by atoms with E-state index in [0.717, 1.165) is 18.4 Å². The molecular weight excluding hydrogens is 368 g/mol. The van der Waals surface area contributed by atoms with Gasteiger partial charge in [-0.05, 0) is 47.4 Å². The van der Waals surface area contributed by atoms with Gasteiger partial charge < -0.3 is 5.32 Å². The number of benzene rings is 1. The quantitative estimate of drug-likeness (QED) is 0.817. The molecule has 1 unspecified atom stereocenters. The van der Waals surface area contributed by atoms with E-state index in [0.29, 0.717) is 28.9 Å². The summed E-state index contributed by atoms with van der Waals surface area (Å²) in [4.78, 5) is 24.3. The van der Waals surface area contributed by atoms with Gasteiger partial charge in [-0.15, -0.1) is 5.10 Å².